The molecule has 2 aromatic carbocycles. The highest BCUT2D eigenvalue weighted by molar-refractivity contribution is 5.31. The summed E-state index contributed by atoms with van der Waals surface area (Å²) < 4.78 is 5.65. The predicted octanol–water partition coefficient (Wildman–Crippen LogP) is 3.82. The molecule has 2 aromatic rings. The van der Waals surface area contributed by atoms with Gasteiger partial charge in [0.05, 0.1) is 12.7 Å². The summed E-state index contributed by atoms with van der Waals surface area (Å²) in [6, 6.07) is 18.7. The molecule has 0 saturated heterocycles. The smallest absolute Gasteiger partial charge is 0.119 e. The molecule has 0 spiro atoms. The van der Waals surface area contributed by atoms with Crippen molar-refractivity contribution in [2.24, 2.45) is 0 Å². The highest BCUT2D eigenvalue weighted by atomic mass is 16.5. The van der Waals surface area contributed by atoms with Crippen molar-refractivity contribution in [3.05, 3.63) is 65.7 Å². The average molecular weight is 270 g/mol. The molecule has 0 radical (unpaired) electrons. The molecule has 0 aromatic heterocycles. The van der Waals surface area contributed by atoms with E-state index in [1.165, 1.54) is 11.1 Å². The second-order valence-electron chi connectivity index (χ2n) is 5.15. The van der Waals surface area contributed by atoms with Gasteiger partial charge in [0.1, 0.15) is 5.75 Å². The molecular weight excluding hydrogens is 248 g/mol. The van der Waals surface area contributed by atoms with E-state index in [4.69, 9.17) is 4.74 Å². The summed E-state index contributed by atoms with van der Waals surface area (Å²) in [6.07, 6.45) is 2.37. The first-order valence-corrected chi connectivity index (χ1v) is 7.18. The average Bonchev–Trinajstić information content (AvgIpc) is 2.46. The number of aliphatic hydroxyl groups is 1. The molecule has 1 N–H and O–H groups in total. The van der Waals surface area contributed by atoms with Crippen molar-refractivity contribution in [2.75, 3.05) is 6.61 Å². The molecule has 0 saturated carbocycles. The lowest BCUT2D eigenvalue weighted by Gasteiger charge is -2.08. The van der Waals surface area contributed by atoms with Crippen molar-refractivity contribution in [1.29, 1.82) is 0 Å². The van der Waals surface area contributed by atoms with Crippen LogP contribution in [0.2, 0.25) is 0 Å². The van der Waals surface area contributed by atoms with E-state index in [1.807, 2.05) is 18.2 Å². The van der Waals surface area contributed by atoms with Gasteiger partial charge in [-0.1, -0.05) is 42.5 Å². The van der Waals surface area contributed by atoms with Crippen molar-refractivity contribution >= 4 is 0 Å². The Bertz CT molecular complexity index is 489. The number of hydrogen-bond donors (Lipinski definition) is 1. The van der Waals surface area contributed by atoms with Crippen LogP contribution < -0.4 is 4.74 Å². The molecule has 0 bridgehead atoms. The molecule has 2 nitrogen and oxygen atoms in total. The topological polar surface area (TPSA) is 29.5 Å². The third-order valence-corrected chi connectivity index (χ3v) is 3.21. The van der Waals surface area contributed by atoms with Crippen LogP contribution in [0, 0.1) is 0 Å². The third-order valence-electron chi connectivity index (χ3n) is 3.21. The minimum absolute atomic E-state index is 0.244. The van der Waals surface area contributed by atoms with Crippen molar-refractivity contribution in [3.8, 4) is 5.75 Å². The van der Waals surface area contributed by atoms with Crippen LogP contribution >= 0.6 is 0 Å². The normalized spacial score (nSPS) is 12.1. The summed E-state index contributed by atoms with van der Waals surface area (Å²) in [5, 5.41) is 9.17. The van der Waals surface area contributed by atoms with Crippen molar-refractivity contribution in [2.45, 2.75) is 32.3 Å². The zero-order valence-corrected chi connectivity index (χ0v) is 12.0. The van der Waals surface area contributed by atoms with Gasteiger partial charge < -0.3 is 9.84 Å². The van der Waals surface area contributed by atoms with E-state index in [0.29, 0.717) is 6.61 Å². The molecule has 0 amide bonds. The summed E-state index contributed by atoms with van der Waals surface area (Å²) >= 11 is 0. The van der Waals surface area contributed by atoms with E-state index in [-0.39, 0.29) is 6.10 Å². The van der Waals surface area contributed by atoms with Crippen LogP contribution in [0.1, 0.15) is 30.9 Å². The number of rotatable bonds is 7. The predicted molar refractivity (Wildman–Crippen MR) is 82.1 cm³/mol. The zero-order valence-electron chi connectivity index (χ0n) is 12.0. The molecule has 0 aliphatic carbocycles. The summed E-state index contributed by atoms with van der Waals surface area (Å²) in [5.41, 5.74) is 2.60. The van der Waals surface area contributed by atoms with E-state index in [1.54, 1.807) is 6.92 Å². The maximum Gasteiger partial charge on any atom is 0.119 e. The van der Waals surface area contributed by atoms with Crippen LogP contribution in [-0.2, 0) is 6.42 Å². The highest BCUT2D eigenvalue weighted by Crippen LogP contribution is 2.15. The molecule has 2 heteroatoms. The van der Waals surface area contributed by atoms with Crippen LogP contribution in [0.5, 0.6) is 5.75 Å². The van der Waals surface area contributed by atoms with Crippen LogP contribution in [-0.4, -0.2) is 17.8 Å². The Morgan fingerprint density at radius 2 is 1.60 bits per heavy atom. The van der Waals surface area contributed by atoms with Gasteiger partial charge in [-0.3, -0.25) is 0 Å². The molecule has 1 unspecified atom stereocenters. The monoisotopic (exact) mass is 270 g/mol. The van der Waals surface area contributed by atoms with E-state index in [0.717, 1.165) is 25.0 Å². The maximum absolute atomic E-state index is 9.17. The fourth-order valence-corrected chi connectivity index (χ4v) is 2.10. The Hall–Kier alpha value is -1.80. The zero-order chi connectivity index (χ0) is 14.2. The summed E-state index contributed by atoms with van der Waals surface area (Å²) in [4.78, 5) is 0. The summed E-state index contributed by atoms with van der Waals surface area (Å²) in [6.45, 7) is 2.46. The summed E-state index contributed by atoms with van der Waals surface area (Å²) in [7, 11) is 0. The van der Waals surface area contributed by atoms with Gasteiger partial charge in [0, 0.05) is 0 Å². The number of hydrogen-bond acceptors (Lipinski definition) is 2. The standard InChI is InChI=1S/C18H22O2/c1-15(19)6-5-13-20-18-11-9-17(10-12-18)14-16-7-3-2-4-8-16/h2-4,7-12,15,19H,5-6,13-14H2,1H3. The van der Waals surface area contributed by atoms with Gasteiger partial charge in [0.2, 0.25) is 0 Å². The minimum atomic E-state index is -0.244. The first kappa shape index (κ1) is 14.6. The molecule has 0 fully saturated rings. The van der Waals surface area contributed by atoms with Gasteiger partial charge in [0.15, 0.2) is 0 Å². The van der Waals surface area contributed by atoms with E-state index >= 15 is 0 Å². The molecule has 2 rings (SSSR count). The van der Waals surface area contributed by atoms with Gasteiger partial charge in [0.25, 0.3) is 0 Å². The van der Waals surface area contributed by atoms with Gasteiger partial charge in [-0.25, -0.2) is 0 Å². The number of aliphatic hydroxyl groups excluding tert-OH is 1. The lowest BCUT2D eigenvalue weighted by molar-refractivity contribution is 0.170. The molecular formula is C18H22O2. The van der Waals surface area contributed by atoms with Crippen LogP contribution in [0.15, 0.2) is 54.6 Å². The van der Waals surface area contributed by atoms with Crippen molar-refractivity contribution in [3.63, 3.8) is 0 Å². The third kappa shape index (κ3) is 5.06. The van der Waals surface area contributed by atoms with Crippen LogP contribution in [0.25, 0.3) is 0 Å². The first-order valence-electron chi connectivity index (χ1n) is 7.18. The molecule has 0 aliphatic rings. The lowest BCUT2D eigenvalue weighted by atomic mass is 10.1. The van der Waals surface area contributed by atoms with Gasteiger partial charge in [-0.05, 0) is 49.4 Å². The van der Waals surface area contributed by atoms with Gasteiger partial charge in [-0.15, -0.1) is 0 Å². The summed E-state index contributed by atoms with van der Waals surface area (Å²) in [5.74, 6) is 0.896. The second-order valence-corrected chi connectivity index (χ2v) is 5.15. The van der Waals surface area contributed by atoms with E-state index in [9.17, 15) is 5.11 Å². The van der Waals surface area contributed by atoms with Crippen LogP contribution in [0.4, 0.5) is 0 Å². The van der Waals surface area contributed by atoms with Crippen LogP contribution in [0.3, 0.4) is 0 Å². The molecule has 106 valence electrons. The fraction of sp³-hybridized carbons (Fsp3) is 0.333. The Balaban J connectivity index is 1.81. The molecule has 1 atom stereocenters. The van der Waals surface area contributed by atoms with Crippen molar-refractivity contribution in [1.82, 2.24) is 0 Å². The Kier molecular flexibility index (Phi) is 5.63. The number of benzene rings is 2. The van der Waals surface area contributed by atoms with E-state index in [2.05, 4.69) is 36.4 Å². The molecule has 20 heavy (non-hydrogen) atoms. The Morgan fingerprint density at radius 1 is 0.950 bits per heavy atom. The number of ether oxygens (including phenoxy) is 1. The fourth-order valence-electron chi connectivity index (χ4n) is 2.10. The maximum atomic E-state index is 9.17. The molecule has 0 aliphatic heterocycles. The quantitative estimate of drug-likeness (QED) is 0.775. The molecule has 0 heterocycles. The largest absolute Gasteiger partial charge is 0.494 e. The minimum Gasteiger partial charge on any atom is -0.494 e. The highest BCUT2D eigenvalue weighted by Gasteiger charge is 1.99. The van der Waals surface area contributed by atoms with Crippen molar-refractivity contribution < 1.29 is 9.84 Å². The second kappa shape index (κ2) is 7.71. The Morgan fingerprint density at radius 3 is 2.25 bits per heavy atom. The van der Waals surface area contributed by atoms with E-state index < -0.39 is 0 Å². The van der Waals surface area contributed by atoms with Gasteiger partial charge in [-0.2, -0.15) is 0 Å². The lowest BCUT2D eigenvalue weighted by Crippen LogP contribution is -2.04. The SMILES string of the molecule is CC(O)CCCOc1ccc(Cc2ccccc2)cc1. The first-order chi connectivity index (χ1) is 9.74. The Labute approximate surface area is 121 Å². The van der Waals surface area contributed by atoms with Gasteiger partial charge >= 0.3 is 0 Å².